The van der Waals surface area contributed by atoms with Crippen LogP contribution in [0.2, 0.25) is 0 Å². The third kappa shape index (κ3) is 11.0. The van der Waals surface area contributed by atoms with Crippen LogP contribution >= 0.6 is 11.8 Å². The van der Waals surface area contributed by atoms with Gasteiger partial charge in [-0.1, -0.05) is 129 Å². The second-order valence-electron chi connectivity index (χ2n) is 14.7. The van der Waals surface area contributed by atoms with Crippen LogP contribution in [0.3, 0.4) is 0 Å². The molecule has 1 aliphatic rings. The molecule has 6 amide bonds. The highest BCUT2D eigenvalue weighted by Gasteiger charge is 2.59. The number of rotatable bonds is 18. The predicted octanol–water partition coefficient (Wildman–Crippen LogP) is 6.12. The van der Waals surface area contributed by atoms with E-state index < -0.39 is 75.9 Å². The standard InChI is InChI=1S/C46H48N4O10S/c1-30(2)38(48-44(57)59-28-33-19-10-6-11-20-33)39(52)46(43(56)47-4,27-32-17-8-5-9-18-32)50(45(58)60-29-34-21-12-7-13-22-34)42(55)37(61-31(3)51)25-16-26-49-40(53)35-23-14-15-24-36(35)41(49)54/h5-15,17-24,30,37-38H,16,25-29H2,1-4H3,(H,47,56)(H,48,57)/t37?,38-,46+/m0/s1. The first-order valence-electron chi connectivity index (χ1n) is 19.7. The zero-order valence-electron chi connectivity index (χ0n) is 34.3. The van der Waals surface area contributed by atoms with E-state index in [1.54, 1.807) is 117 Å². The SMILES string of the molecule is CNC(=O)[C@@](Cc1ccccc1)(C(=O)[C@@H](NC(=O)OCc1ccccc1)C(C)C)N(C(=O)OCc1ccccc1)C(=O)C(CCCN1C(=O)c2ccccc2C1=O)SC(C)=O. The Bertz CT molecular complexity index is 2200. The van der Waals surface area contributed by atoms with E-state index in [4.69, 9.17) is 9.47 Å². The lowest BCUT2D eigenvalue weighted by Crippen LogP contribution is -2.72. The molecule has 0 bridgehead atoms. The number of ketones is 1. The van der Waals surface area contributed by atoms with Gasteiger partial charge >= 0.3 is 12.2 Å². The van der Waals surface area contributed by atoms with Gasteiger partial charge in [0.05, 0.1) is 22.4 Å². The Morgan fingerprint density at radius 2 is 1.21 bits per heavy atom. The number of likely N-dealkylation sites (N-methyl/N-ethyl adjacent to an activating group) is 1. The van der Waals surface area contributed by atoms with Gasteiger partial charge in [0.2, 0.25) is 5.91 Å². The van der Waals surface area contributed by atoms with Crippen molar-refractivity contribution in [2.24, 2.45) is 5.92 Å². The van der Waals surface area contributed by atoms with Crippen molar-refractivity contribution < 1.29 is 47.8 Å². The second-order valence-corrected chi connectivity index (χ2v) is 16.0. The van der Waals surface area contributed by atoms with Crippen molar-refractivity contribution in [2.45, 2.75) is 70.1 Å². The highest BCUT2D eigenvalue weighted by Crippen LogP contribution is 2.33. The Kier molecular flexibility index (Phi) is 15.7. The molecule has 4 aromatic rings. The zero-order chi connectivity index (χ0) is 44.1. The molecule has 0 spiro atoms. The van der Waals surface area contributed by atoms with Crippen molar-refractivity contribution in [3.8, 4) is 0 Å². The molecule has 1 aliphatic heterocycles. The maximum absolute atomic E-state index is 15.5. The summed E-state index contributed by atoms with van der Waals surface area (Å²) in [5, 5.41) is 3.11. The number of nitrogens with zero attached hydrogens (tertiary/aromatic N) is 2. The summed E-state index contributed by atoms with van der Waals surface area (Å²) in [7, 11) is 1.24. The summed E-state index contributed by atoms with van der Waals surface area (Å²) in [6.45, 7) is 3.80. The van der Waals surface area contributed by atoms with Gasteiger partial charge in [0, 0.05) is 26.9 Å². The molecule has 0 radical (unpaired) electrons. The monoisotopic (exact) mass is 848 g/mol. The van der Waals surface area contributed by atoms with Gasteiger partial charge in [-0.05, 0) is 47.6 Å². The van der Waals surface area contributed by atoms with Crippen molar-refractivity contribution in [2.75, 3.05) is 13.6 Å². The molecule has 0 saturated heterocycles. The average Bonchev–Trinajstić information content (AvgIpc) is 3.51. The Morgan fingerprint density at radius 3 is 1.70 bits per heavy atom. The number of carbonyl (C=O) groups is 8. The molecule has 318 valence electrons. The van der Waals surface area contributed by atoms with Crippen LogP contribution in [0.5, 0.6) is 0 Å². The number of fused-ring (bicyclic) bond motifs is 1. The van der Waals surface area contributed by atoms with Crippen molar-refractivity contribution in [1.29, 1.82) is 0 Å². The number of carbonyl (C=O) groups excluding carboxylic acids is 8. The number of amides is 6. The molecule has 0 aromatic heterocycles. The Morgan fingerprint density at radius 1 is 0.721 bits per heavy atom. The van der Waals surface area contributed by atoms with Gasteiger partial charge in [-0.15, -0.1) is 0 Å². The zero-order valence-corrected chi connectivity index (χ0v) is 35.1. The maximum Gasteiger partial charge on any atom is 0.418 e. The number of imide groups is 2. The first-order chi connectivity index (χ1) is 29.3. The van der Waals surface area contributed by atoms with Gasteiger partial charge in [0.25, 0.3) is 17.7 Å². The van der Waals surface area contributed by atoms with E-state index in [-0.39, 0.29) is 43.7 Å². The number of hydrogen-bond acceptors (Lipinski definition) is 11. The Balaban J connectivity index is 1.58. The van der Waals surface area contributed by atoms with Gasteiger partial charge < -0.3 is 20.1 Å². The summed E-state index contributed by atoms with van der Waals surface area (Å²) in [6, 6.07) is 30.4. The highest BCUT2D eigenvalue weighted by atomic mass is 32.2. The average molecular weight is 849 g/mol. The maximum atomic E-state index is 15.5. The minimum Gasteiger partial charge on any atom is -0.445 e. The number of nitrogens with one attached hydrogen (secondary N) is 2. The predicted molar refractivity (Wildman–Crippen MR) is 227 cm³/mol. The summed E-state index contributed by atoms with van der Waals surface area (Å²) < 4.78 is 11.2. The van der Waals surface area contributed by atoms with Gasteiger partial charge in [-0.2, -0.15) is 0 Å². The molecule has 5 rings (SSSR count). The third-order valence-corrected chi connectivity index (χ3v) is 11.1. The molecule has 1 unspecified atom stereocenters. The molecular weight excluding hydrogens is 801 g/mol. The minimum absolute atomic E-state index is 0.00189. The smallest absolute Gasteiger partial charge is 0.418 e. The minimum atomic E-state index is -2.74. The summed E-state index contributed by atoms with van der Waals surface area (Å²) in [6.07, 6.45) is -3.11. The van der Waals surface area contributed by atoms with E-state index in [0.717, 1.165) is 4.90 Å². The molecule has 14 nitrogen and oxygen atoms in total. The summed E-state index contributed by atoms with van der Waals surface area (Å²) in [4.78, 5) is 114. The lowest BCUT2D eigenvalue weighted by atomic mass is 9.78. The van der Waals surface area contributed by atoms with Crippen LogP contribution in [0.1, 0.15) is 71.0 Å². The van der Waals surface area contributed by atoms with E-state index in [9.17, 15) is 28.8 Å². The van der Waals surface area contributed by atoms with Crippen molar-refractivity contribution >= 4 is 58.5 Å². The summed E-state index contributed by atoms with van der Waals surface area (Å²) in [5.74, 6) is -5.00. The van der Waals surface area contributed by atoms with Crippen LogP contribution < -0.4 is 10.6 Å². The van der Waals surface area contributed by atoms with E-state index in [0.29, 0.717) is 33.4 Å². The van der Waals surface area contributed by atoms with Crippen LogP contribution in [-0.2, 0) is 48.3 Å². The van der Waals surface area contributed by atoms with Crippen molar-refractivity contribution in [3.63, 3.8) is 0 Å². The topological polar surface area (TPSA) is 186 Å². The quantitative estimate of drug-likeness (QED) is 0.0868. The van der Waals surface area contributed by atoms with Gasteiger partial charge in [-0.3, -0.25) is 33.7 Å². The number of alkyl carbamates (subject to hydrolysis) is 1. The Hall–Kier alpha value is -6.61. The van der Waals surface area contributed by atoms with Gasteiger partial charge in [0.1, 0.15) is 13.2 Å². The van der Waals surface area contributed by atoms with Gasteiger partial charge in [-0.25, -0.2) is 14.5 Å². The molecule has 15 heteroatoms. The number of benzene rings is 4. The van der Waals surface area contributed by atoms with Crippen molar-refractivity contribution in [1.82, 2.24) is 20.4 Å². The summed E-state index contributed by atoms with van der Waals surface area (Å²) in [5.41, 5.74) is -0.704. The number of ether oxygens (including phenoxy) is 2. The summed E-state index contributed by atoms with van der Waals surface area (Å²) >= 11 is 0.564. The molecule has 2 N–H and O–H groups in total. The Labute approximate surface area is 358 Å². The molecule has 4 aromatic carbocycles. The number of hydrogen-bond donors (Lipinski definition) is 2. The molecule has 0 aliphatic carbocycles. The first kappa shape index (κ1) is 45.5. The third-order valence-electron chi connectivity index (χ3n) is 10.0. The fourth-order valence-corrected chi connectivity index (χ4v) is 7.92. The first-order valence-corrected chi connectivity index (χ1v) is 20.6. The van der Waals surface area contributed by atoms with E-state index >= 15 is 9.59 Å². The highest BCUT2D eigenvalue weighted by molar-refractivity contribution is 8.14. The second kappa shape index (κ2) is 21.1. The fraction of sp³-hybridized carbons (Fsp3) is 0.304. The fourth-order valence-electron chi connectivity index (χ4n) is 7.02. The van der Waals surface area contributed by atoms with Gasteiger partial charge in [0.15, 0.2) is 16.4 Å². The molecule has 0 saturated carbocycles. The van der Waals surface area contributed by atoms with Crippen molar-refractivity contribution in [3.05, 3.63) is 143 Å². The normalized spacial score (nSPS) is 14.0. The van der Waals surface area contributed by atoms with Crippen LogP contribution in [0, 0.1) is 5.92 Å². The molecule has 0 fully saturated rings. The molecule has 61 heavy (non-hydrogen) atoms. The van der Waals surface area contributed by atoms with E-state index in [1.165, 1.54) is 26.1 Å². The molecular formula is C46H48N4O10S. The van der Waals surface area contributed by atoms with E-state index in [1.807, 2.05) is 0 Å². The lowest BCUT2D eigenvalue weighted by molar-refractivity contribution is -0.154. The van der Waals surface area contributed by atoms with Crippen LogP contribution in [0.15, 0.2) is 115 Å². The number of thioether (sulfide) groups is 1. The van der Waals surface area contributed by atoms with Crippen LogP contribution in [0.4, 0.5) is 9.59 Å². The van der Waals surface area contributed by atoms with Crippen LogP contribution in [0.25, 0.3) is 0 Å². The molecule has 3 atom stereocenters. The lowest BCUT2D eigenvalue weighted by Gasteiger charge is -2.42. The number of Topliss-reactive ketones (excluding diaryl/α,β-unsaturated/α-hetero) is 1. The molecule has 1 heterocycles. The van der Waals surface area contributed by atoms with E-state index in [2.05, 4.69) is 10.6 Å². The van der Waals surface area contributed by atoms with Crippen LogP contribution in [-0.4, -0.2) is 86.9 Å². The largest absolute Gasteiger partial charge is 0.445 e.